The number of aryl methyl sites for hydroxylation is 1. The van der Waals surface area contributed by atoms with Crippen molar-refractivity contribution in [2.75, 3.05) is 6.61 Å². The first-order valence-electron chi connectivity index (χ1n) is 7.11. The van der Waals surface area contributed by atoms with Gasteiger partial charge in [-0.2, -0.15) is 5.10 Å². The van der Waals surface area contributed by atoms with E-state index in [-0.39, 0.29) is 6.04 Å². The number of rotatable bonds is 7. The minimum absolute atomic E-state index is 0.271. The van der Waals surface area contributed by atoms with Crippen molar-refractivity contribution >= 4 is 0 Å². The lowest BCUT2D eigenvalue weighted by Gasteiger charge is -2.22. The molecule has 0 saturated heterocycles. The van der Waals surface area contributed by atoms with Crippen molar-refractivity contribution in [1.82, 2.24) is 15.1 Å². The largest absolute Gasteiger partial charge is 0.492 e. The maximum atomic E-state index is 5.82. The third-order valence-electron chi connectivity index (χ3n) is 3.40. The summed E-state index contributed by atoms with van der Waals surface area (Å²) in [5.74, 6) is 0.918. The molecule has 0 radical (unpaired) electrons. The Morgan fingerprint density at radius 3 is 2.65 bits per heavy atom. The predicted octanol–water partition coefficient (Wildman–Crippen LogP) is 2.93. The zero-order valence-electron chi connectivity index (χ0n) is 12.4. The van der Waals surface area contributed by atoms with Crippen LogP contribution < -0.4 is 10.1 Å². The zero-order chi connectivity index (χ0) is 14.4. The minimum atomic E-state index is 0.271. The summed E-state index contributed by atoms with van der Waals surface area (Å²) in [6.45, 7) is 5.00. The monoisotopic (exact) mass is 273 g/mol. The van der Waals surface area contributed by atoms with Gasteiger partial charge >= 0.3 is 0 Å². The van der Waals surface area contributed by atoms with E-state index in [1.54, 1.807) is 0 Å². The lowest BCUT2D eigenvalue weighted by Crippen LogP contribution is -2.35. The first kappa shape index (κ1) is 14.6. The first-order valence-corrected chi connectivity index (χ1v) is 7.11. The van der Waals surface area contributed by atoms with E-state index >= 15 is 0 Å². The van der Waals surface area contributed by atoms with Gasteiger partial charge in [0.1, 0.15) is 12.4 Å². The van der Waals surface area contributed by atoms with Crippen LogP contribution in [0.5, 0.6) is 5.75 Å². The molecule has 0 aliphatic carbocycles. The van der Waals surface area contributed by atoms with Crippen LogP contribution in [-0.4, -0.2) is 22.4 Å². The molecule has 0 amide bonds. The van der Waals surface area contributed by atoms with Gasteiger partial charge in [0.15, 0.2) is 0 Å². The van der Waals surface area contributed by atoms with Crippen LogP contribution in [0.4, 0.5) is 0 Å². The van der Waals surface area contributed by atoms with E-state index in [2.05, 4.69) is 24.3 Å². The highest BCUT2D eigenvalue weighted by molar-refractivity contribution is 5.21. The highest BCUT2D eigenvalue weighted by atomic mass is 16.5. The molecule has 1 aromatic carbocycles. The lowest BCUT2D eigenvalue weighted by molar-refractivity contribution is 0.250. The number of benzene rings is 1. The van der Waals surface area contributed by atoms with Crippen LogP contribution in [0.15, 0.2) is 42.7 Å². The predicted molar refractivity (Wildman–Crippen MR) is 80.8 cm³/mol. The quantitative estimate of drug-likeness (QED) is 0.843. The molecule has 0 spiro atoms. The van der Waals surface area contributed by atoms with Crippen molar-refractivity contribution < 1.29 is 4.74 Å². The molecule has 0 bridgehead atoms. The highest BCUT2D eigenvalue weighted by Crippen LogP contribution is 2.14. The summed E-state index contributed by atoms with van der Waals surface area (Å²) in [5, 5.41) is 7.80. The van der Waals surface area contributed by atoms with Crippen molar-refractivity contribution in [1.29, 1.82) is 0 Å². The van der Waals surface area contributed by atoms with Crippen molar-refractivity contribution in [2.45, 2.75) is 32.4 Å². The molecule has 1 aromatic heterocycles. The van der Waals surface area contributed by atoms with E-state index < -0.39 is 0 Å². The molecule has 2 aromatic rings. The second-order valence-electron chi connectivity index (χ2n) is 5.06. The van der Waals surface area contributed by atoms with Crippen LogP contribution in [0.25, 0.3) is 0 Å². The fourth-order valence-electron chi connectivity index (χ4n) is 2.11. The third kappa shape index (κ3) is 4.10. The SMILES string of the molecule is CC[C@H](COc1ccccc1)N[C@H](C)c1cnn(C)c1. The maximum Gasteiger partial charge on any atom is 0.119 e. The number of aromatic nitrogens is 2. The Morgan fingerprint density at radius 2 is 2.05 bits per heavy atom. The minimum Gasteiger partial charge on any atom is -0.492 e. The summed E-state index contributed by atoms with van der Waals surface area (Å²) < 4.78 is 7.65. The lowest BCUT2D eigenvalue weighted by atomic mass is 10.1. The molecule has 1 heterocycles. The molecule has 0 aliphatic heterocycles. The fourth-order valence-corrected chi connectivity index (χ4v) is 2.11. The molecule has 2 atom stereocenters. The topological polar surface area (TPSA) is 39.1 Å². The van der Waals surface area contributed by atoms with Crippen LogP contribution in [0.2, 0.25) is 0 Å². The summed E-state index contributed by atoms with van der Waals surface area (Å²) in [4.78, 5) is 0. The van der Waals surface area contributed by atoms with Crippen LogP contribution in [0, 0.1) is 0 Å². The van der Waals surface area contributed by atoms with Crippen molar-refractivity contribution in [3.63, 3.8) is 0 Å². The molecule has 2 rings (SSSR count). The normalized spacial score (nSPS) is 13.9. The molecule has 0 aliphatic rings. The van der Waals surface area contributed by atoms with E-state index in [1.165, 1.54) is 5.56 Å². The molecular weight excluding hydrogens is 250 g/mol. The zero-order valence-corrected chi connectivity index (χ0v) is 12.4. The van der Waals surface area contributed by atoms with Gasteiger partial charge in [-0.3, -0.25) is 4.68 Å². The standard InChI is InChI=1S/C16H23N3O/c1-4-15(12-20-16-8-6-5-7-9-16)18-13(2)14-10-17-19(3)11-14/h5-11,13,15,18H,4,12H2,1-3H3/t13-,15-/m1/s1. The number of ether oxygens (including phenoxy) is 1. The van der Waals surface area contributed by atoms with Gasteiger partial charge in [0.05, 0.1) is 6.20 Å². The Balaban J connectivity index is 1.85. The van der Waals surface area contributed by atoms with Gasteiger partial charge in [-0.15, -0.1) is 0 Å². The van der Waals surface area contributed by atoms with Gasteiger partial charge in [-0.25, -0.2) is 0 Å². The molecule has 4 heteroatoms. The number of nitrogens with zero attached hydrogens (tertiary/aromatic N) is 2. The van der Waals surface area contributed by atoms with E-state index in [9.17, 15) is 0 Å². The van der Waals surface area contributed by atoms with E-state index in [0.717, 1.165) is 12.2 Å². The van der Waals surface area contributed by atoms with Crippen molar-refractivity contribution in [2.24, 2.45) is 7.05 Å². The van der Waals surface area contributed by atoms with Gasteiger partial charge < -0.3 is 10.1 Å². The van der Waals surface area contributed by atoms with Gasteiger partial charge in [-0.1, -0.05) is 25.1 Å². The average Bonchev–Trinajstić information content (AvgIpc) is 2.91. The molecular formula is C16H23N3O. The van der Waals surface area contributed by atoms with Gasteiger partial charge in [-0.05, 0) is 25.5 Å². The Labute approximate surface area is 120 Å². The highest BCUT2D eigenvalue weighted by Gasteiger charge is 2.13. The number of hydrogen-bond donors (Lipinski definition) is 1. The average molecular weight is 273 g/mol. The van der Waals surface area contributed by atoms with Crippen LogP contribution in [-0.2, 0) is 7.05 Å². The molecule has 4 nitrogen and oxygen atoms in total. The summed E-state index contributed by atoms with van der Waals surface area (Å²) in [5.41, 5.74) is 1.20. The Bertz CT molecular complexity index is 509. The van der Waals surface area contributed by atoms with Crippen molar-refractivity contribution in [3.05, 3.63) is 48.3 Å². The van der Waals surface area contributed by atoms with Gasteiger partial charge in [0.2, 0.25) is 0 Å². The number of nitrogens with one attached hydrogen (secondary N) is 1. The van der Waals surface area contributed by atoms with E-state index in [1.807, 2.05) is 54.5 Å². The van der Waals surface area contributed by atoms with Crippen LogP contribution >= 0.6 is 0 Å². The summed E-state index contributed by atoms with van der Waals surface area (Å²) in [7, 11) is 1.94. The Kier molecular flexibility index (Phi) is 5.18. The van der Waals surface area contributed by atoms with E-state index in [4.69, 9.17) is 4.74 Å². The fraction of sp³-hybridized carbons (Fsp3) is 0.438. The Morgan fingerprint density at radius 1 is 1.30 bits per heavy atom. The summed E-state index contributed by atoms with van der Waals surface area (Å²) in [6.07, 6.45) is 4.97. The smallest absolute Gasteiger partial charge is 0.119 e. The molecule has 20 heavy (non-hydrogen) atoms. The van der Waals surface area contributed by atoms with Gasteiger partial charge in [0.25, 0.3) is 0 Å². The van der Waals surface area contributed by atoms with Crippen LogP contribution in [0.1, 0.15) is 31.9 Å². The molecule has 0 unspecified atom stereocenters. The number of para-hydroxylation sites is 1. The first-order chi connectivity index (χ1) is 9.69. The second kappa shape index (κ2) is 7.10. The maximum absolute atomic E-state index is 5.82. The van der Waals surface area contributed by atoms with Crippen LogP contribution in [0.3, 0.4) is 0 Å². The molecule has 1 N–H and O–H groups in total. The van der Waals surface area contributed by atoms with E-state index in [0.29, 0.717) is 12.6 Å². The molecule has 0 fully saturated rings. The summed E-state index contributed by atoms with van der Waals surface area (Å²) >= 11 is 0. The third-order valence-corrected chi connectivity index (χ3v) is 3.40. The van der Waals surface area contributed by atoms with Crippen molar-refractivity contribution in [3.8, 4) is 5.75 Å². The second-order valence-corrected chi connectivity index (χ2v) is 5.06. The number of hydrogen-bond acceptors (Lipinski definition) is 3. The Hall–Kier alpha value is -1.81. The van der Waals surface area contributed by atoms with Gasteiger partial charge in [0, 0.05) is 30.9 Å². The summed E-state index contributed by atoms with van der Waals surface area (Å²) in [6, 6.07) is 10.5. The molecule has 0 saturated carbocycles. The molecule has 108 valence electrons.